The third-order valence-electron chi connectivity index (χ3n) is 2.53. The van der Waals surface area contributed by atoms with Gasteiger partial charge in [0.05, 0.1) is 16.3 Å². The Bertz CT molecular complexity index is 727. The minimum Gasteiger partial charge on any atom is -0.282 e. The molecule has 1 heterocycles. The molecule has 0 spiro atoms. The summed E-state index contributed by atoms with van der Waals surface area (Å²) < 4.78 is 37.2. The van der Waals surface area contributed by atoms with Crippen LogP contribution in [0.15, 0.2) is 35.2 Å². The molecule has 0 saturated carbocycles. The molecular formula is C11H13N3O5S2. The molecule has 1 aromatic carbocycles. The summed E-state index contributed by atoms with van der Waals surface area (Å²) in [6.45, 7) is 1.74. The zero-order valence-electron chi connectivity index (χ0n) is 11.2. The Morgan fingerprint density at radius 3 is 2.48 bits per heavy atom. The Morgan fingerprint density at radius 2 is 1.95 bits per heavy atom. The van der Waals surface area contributed by atoms with E-state index in [-0.39, 0.29) is 10.7 Å². The van der Waals surface area contributed by atoms with Crippen molar-refractivity contribution in [3.63, 3.8) is 0 Å². The van der Waals surface area contributed by atoms with E-state index >= 15 is 0 Å². The normalized spacial score (nSPS) is 11.6. The first kappa shape index (κ1) is 15.8. The topological polar surface area (TPSA) is 105 Å². The van der Waals surface area contributed by atoms with Gasteiger partial charge in [-0.15, -0.1) is 0 Å². The van der Waals surface area contributed by atoms with Gasteiger partial charge in [-0.05, 0) is 31.2 Å². The molecule has 0 aliphatic heterocycles. The summed E-state index contributed by atoms with van der Waals surface area (Å²) in [6.07, 6.45) is 1.64. The van der Waals surface area contributed by atoms with Crippen LogP contribution in [-0.4, -0.2) is 34.2 Å². The fourth-order valence-electron chi connectivity index (χ4n) is 1.68. The van der Waals surface area contributed by atoms with Gasteiger partial charge in [0, 0.05) is 24.4 Å². The maximum atomic E-state index is 11.0. The minimum atomic E-state index is -4.25. The lowest BCUT2D eigenvalue weighted by atomic mass is 10.3. The smallest absolute Gasteiger partial charge is 0.282 e. The molecule has 1 aromatic heterocycles. The van der Waals surface area contributed by atoms with Gasteiger partial charge in [-0.2, -0.15) is 17.8 Å². The van der Waals surface area contributed by atoms with Crippen LogP contribution in [0.2, 0.25) is 0 Å². The summed E-state index contributed by atoms with van der Waals surface area (Å²) in [5.74, 6) is 0.251. The molecule has 10 heteroatoms. The molecule has 0 atom stereocenters. The summed E-state index contributed by atoms with van der Waals surface area (Å²) in [4.78, 5) is -0.224. The maximum absolute atomic E-state index is 11.0. The number of rotatable bonds is 5. The fourth-order valence-corrected chi connectivity index (χ4v) is 2.38. The van der Waals surface area contributed by atoms with Crippen molar-refractivity contribution in [3.8, 4) is 5.69 Å². The van der Waals surface area contributed by atoms with Gasteiger partial charge in [-0.25, -0.2) is 4.68 Å². The lowest BCUT2D eigenvalue weighted by Gasteiger charge is -2.15. The highest BCUT2D eigenvalue weighted by Gasteiger charge is 2.15. The van der Waals surface area contributed by atoms with Gasteiger partial charge in [-0.1, -0.05) is 5.23 Å². The van der Waals surface area contributed by atoms with E-state index in [2.05, 4.69) is 5.10 Å². The van der Waals surface area contributed by atoms with Crippen molar-refractivity contribution in [2.45, 2.75) is 11.8 Å². The highest BCUT2D eigenvalue weighted by Crippen LogP contribution is 2.22. The molecule has 0 unspecified atom stereocenters. The lowest BCUT2D eigenvalue weighted by Crippen LogP contribution is -2.18. The van der Waals surface area contributed by atoms with E-state index in [0.717, 1.165) is 12.0 Å². The average molecular weight is 331 g/mol. The first-order valence-electron chi connectivity index (χ1n) is 5.67. The second-order valence-corrected chi connectivity index (χ2v) is 5.94. The van der Waals surface area contributed by atoms with E-state index in [0.29, 0.717) is 16.6 Å². The van der Waals surface area contributed by atoms with Crippen LogP contribution in [0.1, 0.15) is 5.69 Å². The first-order chi connectivity index (χ1) is 9.82. The zero-order valence-corrected chi connectivity index (χ0v) is 12.8. The monoisotopic (exact) mass is 331 g/mol. The number of nitrogens with zero attached hydrogens (tertiary/aromatic N) is 3. The standard InChI is InChI=1S/C11H13N3O5S2/c1-8-7-11(14(15)19-20-2)13(12-8)9-3-5-10(6-4-9)21(16,17)18/h3-7,15H,1-2H3,(H,16,17,18). The Labute approximate surface area is 125 Å². The summed E-state index contributed by atoms with van der Waals surface area (Å²) in [7, 11) is -4.25. The average Bonchev–Trinajstić information content (AvgIpc) is 2.80. The second-order valence-electron chi connectivity index (χ2n) is 4.04. The minimum absolute atomic E-state index is 0.224. The van der Waals surface area contributed by atoms with Crippen LogP contribution in [-0.2, 0) is 14.4 Å². The van der Waals surface area contributed by atoms with Crippen molar-refractivity contribution in [2.75, 3.05) is 11.5 Å². The van der Waals surface area contributed by atoms with E-state index in [4.69, 9.17) is 8.84 Å². The first-order valence-corrected chi connectivity index (χ1v) is 8.26. The highest BCUT2D eigenvalue weighted by atomic mass is 32.2. The molecule has 21 heavy (non-hydrogen) atoms. The number of benzene rings is 1. The summed E-state index contributed by atoms with van der Waals surface area (Å²) in [5.41, 5.74) is 1.13. The van der Waals surface area contributed by atoms with E-state index < -0.39 is 10.1 Å². The molecule has 0 aliphatic carbocycles. The molecule has 114 valence electrons. The van der Waals surface area contributed by atoms with Crippen molar-refractivity contribution >= 4 is 28.0 Å². The van der Waals surface area contributed by atoms with Crippen LogP contribution in [0.5, 0.6) is 0 Å². The van der Waals surface area contributed by atoms with Gasteiger partial charge in [0.1, 0.15) is 0 Å². The van der Waals surface area contributed by atoms with Gasteiger partial charge in [-0.3, -0.25) is 9.76 Å². The summed E-state index contributed by atoms with van der Waals surface area (Å²) in [6, 6.07) is 6.97. The largest absolute Gasteiger partial charge is 0.294 e. The van der Waals surface area contributed by atoms with Gasteiger partial charge in [0.15, 0.2) is 5.82 Å². The maximum Gasteiger partial charge on any atom is 0.294 e. The second kappa shape index (κ2) is 6.03. The van der Waals surface area contributed by atoms with Gasteiger partial charge < -0.3 is 0 Å². The van der Waals surface area contributed by atoms with Gasteiger partial charge >= 0.3 is 0 Å². The van der Waals surface area contributed by atoms with Crippen molar-refractivity contribution in [2.24, 2.45) is 0 Å². The van der Waals surface area contributed by atoms with Crippen LogP contribution in [0, 0.1) is 6.92 Å². The van der Waals surface area contributed by atoms with Crippen LogP contribution in [0.3, 0.4) is 0 Å². The number of hydrogen-bond acceptors (Lipinski definition) is 7. The molecule has 2 N–H and O–H groups in total. The molecule has 0 amide bonds. The number of aryl methyl sites for hydroxylation is 1. The van der Waals surface area contributed by atoms with Gasteiger partial charge in [0.25, 0.3) is 10.1 Å². The Morgan fingerprint density at radius 1 is 1.33 bits per heavy atom. The molecule has 0 saturated heterocycles. The van der Waals surface area contributed by atoms with Crippen molar-refractivity contribution in [3.05, 3.63) is 36.0 Å². The highest BCUT2D eigenvalue weighted by molar-refractivity contribution is 7.93. The number of anilines is 1. The SMILES string of the molecule is CSON(O)c1cc(C)nn1-c1ccc(S(=O)(=O)O)cc1. The fraction of sp³-hybridized carbons (Fsp3) is 0.182. The molecule has 0 bridgehead atoms. The van der Waals surface area contributed by atoms with E-state index in [1.165, 1.54) is 28.9 Å². The van der Waals surface area contributed by atoms with Gasteiger partial charge in [0.2, 0.25) is 0 Å². The predicted octanol–water partition coefficient (Wildman–Crippen LogP) is 1.83. The molecule has 0 radical (unpaired) electrons. The van der Waals surface area contributed by atoms with Crippen LogP contribution >= 0.6 is 12.0 Å². The quantitative estimate of drug-likeness (QED) is 0.486. The molecule has 8 nitrogen and oxygen atoms in total. The van der Waals surface area contributed by atoms with E-state index in [1.807, 2.05) is 0 Å². The Kier molecular flexibility index (Phi) is 4.54. The third kappa shape index (κ3) is 3.54. The van der Waals surface area contributed by atoms with Crippen molar-refractivity contribution in [1.29, 1.82) is 0 Å². The summed E-state index contributed by atoms with van der Waals surface area (Å²) >= 11 is 0.946. The van der Waals surface area contributed by atoms with E-state index in [1.54, 1.807) is 19.2 Å². The number of aromatic nitrogens is 2. The summed E-state index contributed by atoms with van der Waals surface area (Å²) in [5, 5.41) is 14.5. The predicted molar refractivity (Wildman–Crippen MR) is 77.0 cm³/mol. The van der Waals surface area contributed by atoms with Crippen LogP contribution in [0.25, 0.3) is 5.69 Å². The van der Waals surface area contributed by atoms with Crippen molar-refractivity contribution in [1.82, 2.24) is 9.78 Å². The molecule has 0 fully saturated rings. The number of hydrogen-bond donors (Lipinski definition) is 2. The van der Waals surface area contributed by atoms with E-state index in [9.17, 15) is 13.6 Å². The molecule has 2 aromatic rings. The molecule has 2 rings (SSSR count). The lowest BCUT2D eigenvalue weighted by molar-refractivity contribution is 0.0666. The zero-order chi connectivity index (χ0) is 15.6. The molecule has 0 aliphatic rings. The third-order valence-corrected chi connectivity index (χ3v) is 3.69. The molecular weight excluding hydrogens is 318 g/mol. The van der Waals surface area contributed by atoms with Crippen LogP contribution < -0.4 is 5.23 Å². The Hall–Kier alpha value is -1.59. The Balaban J connectivity index is 2.42. The van der Waals surface area contributed by atoms with Crippen LogP contribution in [0.4, 0.5) is 5.82 Å². The van der Waals surface area contributed by atoms with Crippen molar-refractivity contribution < 1.29 is 22.5 Å².